The van der Waals surface area contributed by atoms with Crippen LogP contribution in [0.3, 0.4) is 0 Å². The second-order valence-electron chi connectivity index (χ2n) is 4.22. The van der Waals surface area contributed by atoms with Crippen molar-refractivity contribution in [1.29, 1.82) is 0 Å². The summed E-state index contributed by atoms with van der Waals surface area (Å²) in [5, 5.41) is 13.0. The molecule has 1 fully saturated rings. The lowest BCUT2D eigenvalue weighted by Gasteiger charge is -2.20. The van der Waals surface area contributed by atoms with Crippen molar-refractivity contribution in [2.75, 3.05) is 19.8 Å². The van der Waals surface area contributed by atoms with Gasteiger partial charge in [-0.25, -0.2) is 4.39 Å². The highest BCUT2D eigenvalue weighted by molar-refractivity contribution is 5.16. The Hall–Kier alpha value is -0.970. The van der Waals surface area contributed by atoms with E-state index in [0.717, 1.165) is 0 Å². The summed E-state index contributed by atoms with van der Waals surface area (Å²) in [6, 6.07) is 6.63. The van der Waals surface area contributed by atoms with E-state index in [-0.39, 0.29) is 5.82 Å². The highest BCUT2D eigenvalue weighted by atomic mass is 19.1. The van der Waals surface area contributed by atoms with Crippen molar-refractivity contribution in [2.45, 2.75) is 18.6 Å². The van der Waals surface area contributed by atoms with E-state index in [4.69, 9.17) is 4.74 Å². The van der Waals surface area contributed by atoms with Crippen LogP contribution < -0.4 is 5.32 Å². The average Bonchev–Trinajstić information content (AvgIpc) is 2.68. The molecule has 1 heterocycles. The highest BCUT2D eigenvalue weighted by Gasteiger charge is 2.31. The van der Waals surface area contributed by atoms with Crippen LogP contribution in [0.4, 0.5) is 4.39 Å². The van der Waals surface area contributed by atoms with Gasteiger partial charge in [-0.15, -0.1) is 0 Å². The number of benzene rings is 1. The van der Waals surface area contributed by atoms with E-state index in [2.05, 4.69) is 5.32 Å². The Bertz CT molecular complexity index is 351. The predicted octanol–water partition coefficient (Wildman–Crippen LogP) is 1.07. The van der Waals surface area contributed by atoms with Crippen LogP contribution in [0.15, 0.2) is 24.3 Å². The van der Waals surface area contributed by atoms with Crippen molar-refractivity contribution in [2.24, 2.45) is 0 Å². The van der Waals surface area contributed by atoms with E-state index in [1.54, 1.807) is 18.2 Å². The van der Waals surface area contributed by atoms with Gasteiger partial charge in [-0.2, -0.15) is 0 Å². The van der Waals surface area contributed by atoms with Gasteiger partial charge in [-0.1, -0.05) is 18.2 Å². The Balaban J connectivity index is 1.82. The normalized spacial score (nSPS) is 24.9. The Morgan fingerprint density at radius 1 is 1.44 bits per heavy atom. The maximum absolute atomic E-state index is 13.3. The van der Waals surface area contributed by atoms with Gasteiger partial charge in [0.1, 0.15) is 11.4 Å². The van der Waals surface area contributed by atoms with E-state index in [0.29, 0.717) is 38.3 Å². The summed E-state index contributed by atoms with van der Waals surface area (Å²) >= 11 is 0. The molecule has 1 aromatic rings. The van der Waals surface area contributed by atoms with Crippen LogP contribution >= 0.6 is 0 Å². The van der Waals surface area contributed by atoms with Crippen molar-refractivity contribution >= 4 is 0 Å². The number of halogens is 1. The molecule has 1 saturated heterocycles. The fraction of sp³-hybridized carbons (Fsp3) is 0.500. The summed E-state index contributed by atoms with van der Waals surface area (Å²) in [4.78, 5) is 0. The minimum atomic E-state index is -0.786. The van der Waals surface area contributed by atoms with Crippen molar-refractivity contribution in [3.63, 3.8) is 0 Å². The topological polar surface area (TPSA) is 41.5 Å². The van der Waals surface area contributed by atoms with Crippen molar-refractivity contribution in [1.82, 2.24) is 5.32 Å². The molecular weight excluding hydrogens is 209 g/mol. The van der Waals surface area contributed by atoms with Crippen LogP contribution in [-0.4, -0.2) is 30.5 Å². The molecule has 1 aliphatic heterocycles. The standard InChI is InChI=1S/C12H16FNO2/c13-11-4-2-1-3-10(11)7-14-8-12(15)5-6-16-9-12/h1-4,14-15H,5-9H2. The third kappa shape index (κ3) is 2.78. The fourth-order valence-corrected chi connectivity index (χ4v) is 1.81. The number of rotatable bonds is 4. The van der Waals surface area contributed by atoms with Gasteiger partial charge in [0.05, 0.1) is 6.61 Å². The van der Waals surface area contributed by atoms with Gasteiger partial charge in [-0.05, 0) is 6.07 Å². The van der Waals surface area contributed by atoms with E-state index >= 15 is 0 Å². The van der Waals surface area contributed by atoms with Crippen LogP contribution in [0.5, 0.6) is 0 Å². The first-order valence-corrected chi connectivity index (χ1v) is 5.44. The number of ether oxygens (including phenoxy) is 1. The molecule has 0 spiro atoms. The second kappa shape index (κ2) is 4.91. The molecule has 4 heteroatoms. The molecule has 0 bridgehead atoms. The Labute approximate surface area is 94.2 Å². The van der Waals surface area contributed by atoms with Gasteiger partial charge in [-0.3, -0.25) is 0 Å². The van der Waals surface area contributed by atoms with E-state index in [1.807, 2.05) is 0 Å². The predicted molar refractivity (Wildman–Crippen MR) is 58.5 cm³/mol. The summed E-state index contributed by atoms with van der Waals surface area (Å²) in [6.45, 7) is 1.81. The Kier molecular flexibility index (Phi) is 3.53. The zero-order valence-corrected chi connectivity index (χ0v) is 9.08. The molecule has 1 aromatic carbocycles. The third-order valence-electron chi connectivity index (χ3n) is 2.81. The number of nitrogens with one attached hydrogen (secondary N) is 1. The van der Waals surface area contributed by atoms with Crippen molar-refractivity contribution in [3.05, 3.63) is 35.6 Å². The van der Waals surface area contributed by atoms with Crippen molar-refractivity contribution in [3.8, 4) is 0 Å². The lowest BCUT2D eigenvalue weighted by molar-refractivity contribution is 0.0268. The van der Waals surface area contributed by atoms with Gasteiger partial charge < -0.3 is 15.2 Å². The molecule has 0 amide bonds. The molecule has 2 N–H and O–H groups in total. The molecule has 0 saturated carbocycles. The largest absolute Gasteiger partial charge is 0.386 e. The molecule has 1 unspecified atom stereocenters. The molecule has 0 aliphatic carbocycles. The van der Waals surface area contributed by atoms with Crippen LogP contribution in [0.25, 0.3) is 0 Å². The van der Waals surface area contributed by atoms with E-state index in [1.165, 1.54) is 6.07 Å². The van der Waals surface area contributed by atoms with Gasteiger partial charge in [0.25, 0.3) is 0 Å². The monoisotopic (exact) mass is 225 g/mol. The molecule has 0 radical (unpaired) electrons. The maximum Gasteiger partial charge on any atom is 0.127 e. The zero-order valence-electron chi connectivity index (χ0n) is 9.08. The van der Waals surface area contributed by atoms with Gasteiger partial charge in [0, 0.05) is 31.7 Å². The van der Waals surface area contributed by atoms with Gasteiger partial charge in [0.15, 0.2) is 0 Å². The Morgan fingerprint density at radius 2 is 2.25 bits per heavy atom. The average molecular weight is 225 g/mol. The van der Waals surface area contributed by atoms with Gasteiger partial charge >= 0.3 is 0 Å². The summed E-state index contributed by atoms with van der Waals surface area (Å²) < 4.78 is 18.4. The number of hydrogen-bond acceptors (Lipinski definition) is 3. The lowest BCUT2D eigenvalue weighted by atomic mass is 10.0. The van der Waals surface area contributed by atoms with E-state index in [9.17, 15) is 9.50 Å². The molecule has 1 atom stereocenters. The highest BCUT2D eigenvalue weighted by Crippen LogP contribution is 2.17. The maximum atomic E-state index is 13.3. The van der Waals surface area contributed by atoms with Crippen LogP contribution in [0.1, 0.15) is 12.0 Å². The SMILES string of the molecule is OC1(CNCc2ccccc2F)CCOC1. The number of aliphatic hydroxyl groups is 1. The smallest absolute Gasteiger partial charge is 0.127 e. The second-order valence-corrected chi connectivity index (χ2v) is 4.22. The molecule has 16 heavy (non-hydrogen) atoms. The summed E-state index contributed by atoms with van der Waals surface area (Å²) in [7, 11) is 0. The van der Waals surface area contributed by atoms with Crippen LogP contribution in [-0.2, 0) is 11.3 Å². The molecule has 88 valence electrons. The minimum Gasteiger partial charge on any atom is -0.386 e. The van der Waals surface area contributed by atoms with Crippen molar-refractivity contribution < 1.29 is 14.2 Å². The molecule has 3 nitrogen and oxygen atoms in total. The summed E-state index contributed by atoms with van der Waals surface area (Å²) in [5.74, 6) is -0.218. The fourth-order valence-electron chi connectivity index (χ4n) is 1.81. The zero-order chi connectivity index (χ0) is 11.4. The van der Waals surface area contributed by atoms with Crippen LogP contribution in [0, 0.1) is 5.82 Å². The van der Waals surface area contributed by atoms with Crippen LogP contribution in [0.2, 0.25) is 0 Å². The summed E-state index contributed by atoms with van der Waals surface area (Å²) in [6.07, 6.45) is 0.636. The molecule has 2 rings (SSSR count). The molecule has 1 aliphatic rings. The quantitative estimate of drug-likeness (QED) is 0.805. The molecule has 0 aromatic heterocycles. The van der Waals surface area contributed by atoms with E-state index < -0.39 is 5.60 Å². The third-order valence-corrected chi connectivity index (χ3v) is 2.81. The Morgan fingerprint density at radius 3 is 2.94 bits per heavy atom. The lowest BCUT2D eigenvalue weighted by Crippen LogP contribution is -2.40. The first-order chi connectivity index (χ1) is 7.70. The van der Waals surface area contributed by atoms with Gasteiger partial charge in [0.2, 0.25) is 0 Å². The summed E-state index contributed by atoms with van der Waals surface area (Å²) in [5.41, 5.74) is -0.171. The number of hydrogen-bond donors (Lipinski definition) is 2. The minimum absolute atomic E-state index is 0.218. The first-order valence-electron chi connectivity index (χ1n) is 5.44. The molecular formula is C12H16FNO2. The first kappa shape index (κ1) is 11.5.